The van der Waals surface area contributed by atoms with Crippen LogP contribution < -0.4 is 15.6 Å². The van der Waals surface area contributed by atoms with E-state index in [1.165, 1.54) is 37.4 Å². The van der Waals surface area contributed by atoms with Gasteiger partial charge in [-0.25, -0.2) is 4.39 Å². The van der Waals surface area contributed by atoms with E-state index in [9.17, 15) is 14.0 Å². The molecule has 0 saturated carbocycles. The zero-order valence-electron chi connectivity index (χ0n) is 15.1. The van der Waals surface area contributed by atoms with Gasteiger partial charge >= 0.3 is 0 Å². The number of nitrogens with zero attached hydrogens (tertiary/aromatic N) is 2. The van der Waals surface area contributed by atoms with E-state index < -0.39 is 17.3 Å². The van der Waals surface area contributed by atoms with Gasteiger partial charge in [0.25, 0.3) is 11.5 Å². The number of carbonyl (C=O) groups is 1. The third-order valence-corrected chi connectivity index (χ3v) is 3.88. The van der Waals surface area contributed by atoms with Crippen molar-refractivity contribution in [1.82, 2.24) is 9.78 Å². The molecule has 6 nitrogen and oxygen atoms in total. The Balaban J connectivity index is 2.02. The van der Waals surface area contributed by atoms with Crippen molar-refractivity contribution < 1.29 is 13.9 Å². The summed E-state index contributed by atoms with van der Waals surface area (Å²) in [6.45, 7) is 3.85. The van der Waals surface area contributed by atoms with Crippen LogP contribution in [0.4, 0.5) is 10.1 Å². The lowest BCUT2D eigenvalue weighted by molar-refractivity contribution is 0.101. The van der Waals surface area contributed by atoms with Crippen molar-refractivity contribution in [2.24, 2.45) is 0 Å². The van der Waals surface area contributed by atoms with Crippen LogP contribution in [0, 0.1) is 19.7 Å². The molecule has 0 spiro atoms. The molecule has 0 unspecified atom stereocenters. The van der Waals surface area contributed by atoms with Gasteiger partial charge in [-0.05, 0) is 61.4 Å². The summed E-state index contributed by atoms with van der Waals surface area (Å²) in [5, 5.41) is 6.89. The molecule has 7 heteroatoms. The van der Waals surface area contributed by atoms with Gasteiger partial charge < -0.3 is 10.1 Å². The van der Waals surface area contributed by atoms with Gasteiger partial charge in [0, 0.05) is 5.69 Å². The lowest BCUT2D eigenvalue weighted by Crippen LogP contribution is -2.26. The van der Waals surface area contributed by atoms with Crippen LogP contribution in [-0.4, -0.2) is 22.8 Å². The van der Waals surface area contributed by atoms with Gasteiger partial charge in [0.1, 0.15) is 5.82 Å². The summed E-state index contributed by atoms with van der Waals surface area (Å²) in [5.74, 6) is -0.902. The van der Waals surface area contributed by atoms with Crippen LogP contribution in [0.5, 0.6) is 5.75 Å². The molecule has 1 aromatic heterocycles. The van der Waals surface area contributed by atoms with E-state index in [-0.39, 0.29) is 11.4 Å². The number of aromatic nitrogens is 2. The second-order valence-electron chi connectivity index (χ2n) is 6.12. The van der Waals surface area contributed by atoms with E-state index in [4.69, 9.17) is 4.74 Å². The molecule has 0 aliphatic carbocycles. The molecule has 1 heterocycles. The first-order chi connectivity index (χ1) is 12.9. The fourth-order valence-corrected chi connectivity index (χ4v) is 2.76. The van der Waals surface area contributed by atoms with Crippen LogP contribution in [-0.2, 0) is 0 Å². The first-order valence-electron chi connectivity index (χ1n) is 8.21. The van der Waals surface area contributed by atoms with Crippen LogP contribution in [0.15, 0.2) is 53.3 Å². The van der Waals surface area contributed by atoms with Crippen LogP contribution >= 0.6 is 0 Å². The van der Waals surface area contributed by atoms with Gasteiger partial charge in [-0.1, -0.05) is 6.07 Å². The molecule has 0 bridgehead atoms. The molecule has 3 aromatic rings. The predicted molar refractivity (Wildman–Crippen MR) is 100 cm³/mol. The number of hydrogen-bond donors (Lipinski definition) is 1. The number of aryl methyl sites for hydroxylation is 2. The summed E-state index contributed by atoms with van der Waals surface area (Å²) in [6, 6.07) is 12.0. The predicted octanol–water partition coefficient (Wildman–Crippen LogP) is 3.25. The number of methoxy groups -OCH3 is 1. The number of ether oxygens (including phenoxy) is 1. The summed E-state index contributed by atoms with van der Waals surface area (Å²) in [5.41, 5.74) is 2.40. The average Bonchev–Trinajstić information content (AvgIpc) is 2.61. The van der Waals surface area contributed by atoms with E-state index in [0.717, 1.165) is 15.8 Å². The zero-order valence-corrected chi connectivity index (χ0v) is 15.1. The molecule has 0 saturated heterocycles. The maximum atomic E-state index is 13.1. The van der Waals surface area contributed by atoms with Gasteiger partial charge in [-0.2, -0.15) is 9.78 Å². The Bertz CT molecular complexity index is 1040. The molecule has 0 fully saturated rings. The van der Waals surface area contributed by atoms with Crippen molar-refractivity contribution in [3.63, 3.8) is 0 Å². The van der Waals surface area contributed by atoms with E-state index in [1.807, 2.05) is 32.0 Å². The number of benzene rings is 2. The molecular weight excluding hydrogens is 349 g/mol. The normalized spacial score (nSPS) is 10.5. The highest BCUT2D eigenvalue weighted by Gasteiger charge is 2.18. The van der Waals surface area contributed by atoms with Crippen molar-refractivity contribution in [3.8, 4) is 11.4 Å². The third-order valence-electron chi connectivity index (χ3n) is 3.88. The SMILES string of the molecule is COc1cc(=O)n(-c2ccc(F)cc2)nc1C(=O)Nc1cc(C)cc(C)c1. The molecular formula is C20H18FN3O3. The first kappa shape index (κ1) is 18.3. The number of halogens is 1. The Labute approximate surface area is 155 Å². The van der Waals surface area contributed by atoms with Gasteiger partial charge in [0.05, 0.1) is 18.9 Å². The molecule has 27 heavy (non-hydrogen) atoms. The Hall–Kier alpha value is -3.48. The Morgan fingerprint density at radius 3 is 2.30 bits per heavy atom. The van der Waals surface area contributed by atoms with Crippen LogP contribution in [0.1, 0.15) is 21.6 Å². The van der Waals surface area contributed by atoms with Crippen molar-refractivity contribution >= 4 is 11.6 Å². The molecule has 0 radical (unpaired) electrons. The molecule has 2 aromatic carbocycles. The largest absolute Gasteiger partial charge is 0.494 e. The second kappa shape index (κ2) is 7.41. The molecule has 1 N–H and O–H groups in total. The van der Waals surface area contributed by atoms with Crippen molar-refractivity contribution in [2.75, 3.05) is 12.4 Å². The van der Waals surface area contributed by atoms with Crippen molar-refractivity contribution in [2.45, 2.75) is 13.8 Å². The number of nitrogens with one attached hydrogen (secondary N) is 1. The number of anilines is 1. The van der Waals surface area contributed by atoms with E-state index in [1.54, 1.807) is 0 Å². The summed E-state index contributed by atoms with van der Waals surface area (Å²) < 4.78 is 19.3. The Morgan fingerprint density at radius 1 is 1.07 bits per heavy atom. The molecule has 0 aliphatic rings. The summed E-state index contributed by atoms with van der Waals surface area (Å²) >= 11 is 0. The first-order valence-corrected chi connectivity index (χ1v) is 8.21. The minimum absolute atomic E-state index is 0.0550. The Morgan fingerprint density at radius 2 is 1.70 bits per heavy atom. The topological polar surface area (TPSA) is 73.2 Å². The smallest absolute Gasteiger partial charge is 0.280 e. The van der Waals surface area contributed by atoms with Crippen molar-refractivity contribution in [1.29, 1.82) is 0 Å². The lowest BCUT2D eigenvalue weighted by Gasteiger charge is -2.12. The molecule has 138 valence electrons. The maximum Gasteiger partial charge on any atom is 0.280 e. The molecule has 1 amide bonds. The molecule has 0 aliphatic heterocycles. The van der Waals surface area contributed by atoms with E-state index in [0.29, 0.717) is 11.4 Å². The number of rotatable bonds is 4. The summed E-state index contributed by atoms with van der Waals surface area (Å²) in [7, 11) is 1.35. The van der Waals surface area contributed by atoms with Crippen LogP contribution in [0.25, 0.3) is 5.69 Å². The highest BCUT2D eigenvalue weighted by molar-refractivity contribution is 6.04. The minimum atomic E-state index is -0.521. The van der Waals surface area contributed by atoms with Gasteiger partial charge in [0.2, 0.25) is 0 Å². The molecule has 3 rings (SSSR count). The Kier molecular flexibility index (Phi) is 5.03. The van der Waals surface area contributed by atoms with Crippen molar-refractivity contribution in [3.05, 3.63) is 81.5 Å². The van der Waals surface area contributed by atoms with Crippen LogP contribution in [0.2, 0.25) is 0 Å². The number of amides is 1. The standard InChI is InChI=1S/C20H18FN3O3/c1-12-8-13(2)10-15(9-12)22-20(26)19-17(27-3)11-18(25)24(23-19)16-6-4-14(21)5-7-16/h4-11H,1-3H3,(H,22,26). The average molecular weight is 367 g/mol. The second-order valence-corrected chi connectivity index (χ2v) is 6.12. The van der Waals surface area contributed by atoms with E-state index >= 15 is 0 Å². The minimum Gasteiger partial charge on any atom is -0.494 e. The fraction of sp³-hybridized carbons (Fsp3) is 0.150. The van der Waals surface area contributed by atoms with Gasteiger partial charge in [-0.3, -0.25) is 9.59 Å². The number of hydrogen-bond acceptors (Lipinski definition) is 4. The lowest BCUT2D eigenvalue weighted by atomic mass is 10.1. The van der Waals surface area contributed by atoms with Gasteiger partial charge in [-0.15, -0.1) is 0 Å². The highest BCUT2D eigenvalue weighted by Crippen LogP contribution is 2.19. The quantitative estimate of drug-likeness (QED) is 0.768. The molecule has 0 atom stereocenters. The van der Waals surface area contributed by atoms with Gasteiger partial charge in [0.15, 0.2) is 11.4 Å². The summed E-state index contributed by atoms with van der Waals surface area (Å²) in [6.07, 6.45) is 0. The zero-order chi connectivity index (χ0) is 19.6. The van der Waals surface area contributed by atoms with Crippen LogP contribution in [0.3, 0.4) is 0 Å². The van der Waals surface area contributed by atoms with E-state index in [2.05, 4.69) is 10.4 Å². The fourth-order valence-electron chi connectivity index (χ4n) is 2.76. The summed E-state index contributed by atoms with van der Waals surface area (Å²) in [4.78, 5) is 25.0. The number of carbonyl (C=O) groups excluding carboxylic acids is 1. The monoisotopic (exact) mass is 367 g/mol. The third kappa shape index (κ3) is 4.03. The maximum absolute atomic E-state index is 13.1. The highest BCUT2D eigenvalue weighted by atomic mass is 19.1.